The summed E-state index contributed by atoms with van der Waals surface area (Å²) in [5.74, 6) is -4.00. The van der Waals surface area contributed by atoms with E-state index in [1.165, 1.54) is 0 Å². The van der Waals surface area contributed by atoms with E-state index in [0.717, 1.165) is 18.2 Å². The fourth-order valence-electron chi connectivity index (χ4n) is 0.976. The lowest BCUT2D eigenvalue weighted by atomic mass is 10.1. The lowest BCUT2D eigenvalue weighted by Gasteiger charge is -2.06. The maximum Gasteiger partial charge on any atom is 0.450 e. The first-order chi connectivity index (χ1) is 6.82. The van der Waals surface area contributed by atoms with Crippen molar-refractivity contribution in [3.63, 3.8) is 0 Å². The van der Waals surface area contributed by atoms with Gasteiger partial charge in [0.25, 0.3) is 0 Å². The van der Waals surface area contributed by atoms with E-state index < -0.39 is 29.9 Å². The van der Waals surface area contributed by atoms with Crippen LogP contribution in [0.15, 0.2) is 18.2 Å². The summed E-state index contributed by atoms with van der Waals surface area (Å²) in [6.45, 7) is 0. The van der Waals surface area contributed by atoms with Gasteiger partial charge in [-0.25, -0.2) is 4.39 Å². The number of phenols is 1. The van der Waals surface area contributed by atoms with Crippen molar-refractivity contribution in [3.05, 3.63) is 29.6 Å². The molecule has 0 aliphatic carbocycles. The number of rotatable bonds is 2. The molecule has 0 aromatic heterocycles. The van der Waals surface area contributed by atoms with E-state index in [-0.39, 0.29) is 5.56 Å². The van der Waals surface area contributed by atoms with Crippen LogP contribution in [0.2, 0.25) is 0 Å². The van der Waals surface area contributed by atoms with Crippen molar-refractivity contribution in [1.82, 2.24) is 0 Å². The van der Waals surface area contributed by atoms with Gasteiger partial charge in [-0.2, -0.15) is 13.2 Å². The van der Waals surface area contributed by atoms with Gasteiger partial charge in [-0.3, -0.25) is 4.79 Å². The van der Waals surface area contributed by atoms with Gasteiger partial charge in [0, 0.05) is 12.0 Å². The first-order valence-electron chi connectivity index (χ1n) is 3.88. The fraction of sp³-hybridized carbons (Fsp3) is 0.222. The molecule has 1 aromatic rings. The molecule has 0 saturated heterocycles. The van der Waals surface area contributed by atoms with Crippen LogP contribution in [0.1, 0.15) is 5.56 Å². The van der Waals surface area contributed by atoms with Gasteiger partial charge in [0.05, 0.1) is 0 Å². The van der Waals surface area contributed by atoms with Gasteiger partial charge in [0.15, 0.2) is 11.6 Å². The Morgan fingerprint density at radius 2 is 1.93 bits per heavy atom. The lowest BCUT2D eigenvalue weighted by molar-refractivity contribution is -0.170. The third-order valence-electron chi connectivity index (χ3n) is 1.74. The molecule has 0 amide bonds. The number of Topliss-reactive ketones (excluding diaryl/α,β-unsaturated/α-hetero) is 1. The molecule has 15 heavy (non-hydrogen) atoms. The van der Waals surface area contributed by atoms with Gasteiger partial charge >= 0.3 is 6.18 Å². The Bertz CT molecular complexity index is 384. The summed E-state index contributed by atoms with van der Waals surface area (Å²) >= 11 is 0. The van der Waals surface area contributed by atoms with Crippen LogP contribution in [0.4, 0.5) is 17.6 Å². The molecule has 82 valence electrons. The molecule has 6 heteroatoms. The summed E-state index contributed by atoms with van der Waals surface area (Å²) < 4.78 is 48.2. The third-order valence-corrected chi connectivity index (χ3v) is 1.74. The number of phenolic OH excluding ortho intramolecular Hbond substituents is 1. The maximum atomic E-state index is 12.7. The third kappa shape index (κ3) is 2.68. The van der Waals surface area contributed by atoms with Gasteiger partial charge < -0.3 is 5.11 Å². The Kier molecular flexibility index (Phi) is 2.97. The topological polar surface area (TPSA) is 37.3 Å². The second-order valence-electron chi connectivity index (χ2n) is 2.85. The number of hydrogen-bond acceptors (Lipinski definition) is 2. The zero-order valence-electron chi connectivity index (χ0n) is 7.31. The van der Waals surface area contributed by atoms with Crippen LogP contribution in [0.5, 0.6) is 5.75 Å². The van der Waals surface area contributed by atoms with E-state index in [0.29, 0.717) is 0 Å². The number of carbonyl (C=O) groups excluding carboxylic acids is 1. The molecule has 0 atom stereocenters. The number of alkyl halides is 3. The van der Waals surface area contributed by atoms with Crippen molar-refractivity contribution in [1.29, 1.82) is 0 Å². The number of ketones is 1. The standard InChI is InChI=1S/C9H6F4O2/c10-6-3-1-2-5(8(6)15)4-7(14)9(11,12)13/h1-3,15H,4H2. The highest BCUT2D eigenvalue weighted by molar-refractivity contribution is 5.86. The van der Waals surface area contributed by atoms with Crippen LogP contribution in [-0.4, -0.2) is 17.1 Å². The van der Waals surface area contributed by atoms with Crippen LogP contribution in [0.25, 0.3) is 0 Å². The SMILES string of the molecule is O=C(Cc1cccc(F)c1O)C(F)(F)F. The predicted molar refractivity (Wildman–Crippen MR) is 42.8 cm³/mol. The van der Waals surface area contributed by atoms with E-state index in [1.54, 1.807) is 0 Å². The summed E-state index contributed by atoms with van der Waals surface area (Å²) in [7, 11) is 0. The minimum absolute atomic E-state index is 0.377. The van der Waals surface area contributed by atoms with Crippen molar-refractivity contribution in [2.24, 2.45) is 0 Å². The van der Waals surface area contributed by atoms with Crippen molar-refractivity contribution in [2.75, 3.05) is 0 Å². The molecule has 0 radical (unpaired) electrons. The van der Waals surface area contributed by atoms with Crippen LogP contribution in [0.3, 0.4) is 0 Å². The Morgan fingerprint density at radius 3 is 2.47 bits per heavy atom. The van der Waals surface area contributed by atoms with E-state index in [4.69, 9.17) is 5.11 Å². The molecule has 0 unspecified atom stereocenters. The highest BCUT2D eigenvalue weighted by atomic mass is 19.4. The Morgan fingerprint density at radius 1 is 1.33 bits per heavy atom. The monoisotopic (exact) mass is 222 g/mol. The summed E-state index contributed by atoms with van der Waals surface area (Å²) in [6, 6.07) is 3.06. The number of para-hydroxylation sites is 1. The van der Waals surface area contributed by atoms with Crippen LogP contribution in [-0.2, 0) is 11.2 Å². The average molecular weight is 222 g/mol. The summed E-state index contributed by atoms with van der Waals surface area (Å²) in [6.07, 6.45) is -6.04. The van der Waals surface area contributed by atoms with Crippen molar-refractivity contribution in [2.45, 2.75) is 12.6 Å². The Balaban J connectivity index is 2.91. The van der Waals surface area contributed by atoms with Gasteiger partial charge in [-0.05, 0) is 6.07 Å². The molecule has 0 aliphatic heterocycles. The molecule has 0 aliphatic rings. The molecule has 1 rings (SSSR count). The van der Waals surface area contributed by atoms with Crippen LogP contribution >= 0.6 is 0 Å². The quantitative estimate of drug-likeness (QED) is 0.779. The molecule has 0 spiro atoms. The van der Waals surface area contributed by atoms with Crippen molar-refractivity contribution in [3.8, 4) is 5.75 Å². The second-order valence-corrected chi connectivity index (χ2v) is 2.85. The molecular weight excluding hydrogens is 216 g/mol. The zero-order chi connectivity index (χ0) is 11.6. The zero-order valence-corrected chi connectivity index (χ0v) is 7.31. The number of hydrogen-bond donors (Lipinski definition) is 1. The Labute approximate surface area is 82.1 Å². The van der Waals surface area contributed by atoms with Gasteiger partial charge in [-0.15, -0.1) is 0 Å². The number of carbonyl (C=O) groups is 1. The smallest absolute Gasteiger partial charge is 0.450 e. The van der Waals surface area contributed by atoms with Crippen molar-refractivity contribution < 1.29 is 27.5 Å². The fourth-order valence-corrected chi connectivity index (χ4v) is 0.976. The molecule has 1 aromatic carbocycles. The van der Waals surface area contributed by atoms with Crippen LogP contribution < -0.4 is 0 Å². The second kappa shape index (κ2) is 3.88. The van der Waals surface area contributed by atoms with Gasteiger partial charge in [0.1, 0.15) is 0 Å². The normalized spacial score (nSPS) is 11.5. The van der Waals surface area contributed by atoms with E-state index in [9.17, 15) is 22.4 Å². The molecule has 0 saturated carbocycles. The summed E-state index contributed by atoms with van der Waals surface area (Å²) in [5.41, 5.74) is -0.377. The largest absolute Gasteiger partial charge is 0.505 e. The number of aromatic hydroxyl groups is 1. The summed E-state index contributed by atoms with van der Waals surface area (Å²) in [4.78, 5) is 10.5. The predicted octanol–water partition coefficient (Wildman–Crippen LogP) is 2.21. The van der Waals surface area contributed by atoms with Gasteiger partial charge in [-0.1, -0.05) is 12.1 Å². The molecular formula is C9H6F4O2. The molecule has 0 heterocycles. The maximum absolute atomic E-state index is 12.7. The van der Waals surface area contributed by atoms with Crippen LogP contribution in [0, 0.1) is 5.82 Å². The van der Waals surface area contributed by atoms with E-state index >= 15 is 0 Å². The summed E-state index contributed by atoms with van der Waals surface area (Å²) in [5, 5.41) is 9.02. The minimum atomic E-state index is -4.97. The Hall–Kier alpha value is -1.59. The first-order valence-corrected chi connectivity index (χ1v) is 3.88. The molecule has 0 fully saturated rings. The highest BCUT2D eigenvalue weighted by Gasteiger charge is 2.38. The molecule has 2 nitrogen and oxygen atoms in total. The first kappa shape index (κ1) is 11.5. The van der Waals surface area contributed by atoms with Crippen molar-refractivity contribution >= 4 is 5.78 Å². The molecule has 1 N–H and O–H groups in total. The number of halogens is 4. The van der Waals surface area contributed by atoms with E-state index in [1.807, 2.05) is 0 Å². The molecule has 0 bridgehead atoms. The lowest BCUT2D eigenvalue weighted by Crippen LogP contribution is -2.24. The van der Waals surface area contributed by atoms with Gasteiger partial charge in [0.2, 0.25) is 5.78 Å². The minimum Gasteiger partial charge on any atom is -0.505 e. The van der Waals surface area contributed by atoms with E-state index in [2.05, 4.69) is 0 Å². The number of benzene rings is 1. The average Bonchev–Trinajstić information content (AvgIpc) is 2.11. The highest BCUT2D eigenvalue weighted by Crippen LogP contribution is 2.25.